The molecule has 21 heavy (non-hydrogen) atoms. The van der Waals surface area contributed by atoms with E-state index in [1.165, 1.54) is 12.7 Å². The Morgan fingerprint density at radius 3 is 1.52 bits per heavy atom. The van der Waals surface area contributed by atoms with E-state index in [4.69, 9.17) is 0 Å². The molecule has 2 heteroatoms. The van der Waals surface area contributed by atoms with Crippen LogP contribution in [0.2, 0.25) is 0 Å². The topological polar surface area (TPSA) is 26.3 Å². The lowest BCUT2D eigenvalue weighted by Gasteiger charge is -2.04. The third kappa shape index (κ3) is 5.82. The molecule has 0 aliphatic carbocycles. The number of carbonyl (C=O) groups excluding carboxylic acids is 1. The van der Waals surface area contributed by atoms with Crippen LogP contribution in [0.5, 0.6) is 0 Å². The van der Waals surface area contributed by atoms with Crippen molar-refractivity contribution in [3.8, 4) is 11.1 Å². The van der Waals surface area contributed by atoms with Crippen molar-refractivity contribution in [3.63, 3.8) is 0 Å². The average molecular weight is 286 g/mol. The summed E-state index contributed by atoms with van der Waals surface area (Å²) in [5, 5.41) is 0. The second-order valence-corrected chi connectivity index (χ2v) is 3.93. The number of hydrogen-bond acceptors (Lipinski definition) is 2. The molecular formula is C19H26O2. The van der Waals surface area contributed by atoms with Gasteiger partial charge in [0.2, 0.25) is 0 Å². The lowest BCUT2D eigenvalue weighted by molar-refractivity contribution is 0.0601. The maximum atomic E-state index is 11.3. The molecule has 0 fully saturated rings. The summed E-state index contributed by atoms with van der Waals surface area (Å²) in [6.07, 6.45) is 0. The summed E-state index contributed by atoms with van der Waals surface area (Å²) < 4.78 is 4.66. The van der Waals surface area contributed by atoms with Crippen LogP contribution in [0.4, 0.5) is 0 Å². The van der Waals surface area contributed by atoms with Gasteiger partial charge in [0.1, 0.15) is 0 Å². The largest absolute Gasteiger partial charge is 0.465 e. The molecule has 0 bridgehead atoms. The highest BCUT2D eigenvalue weighted by Crippen LogP contribution is 2.20. The minimum atomic E-state index is -0.305. The van der Waals surface area contributed by atoms with Crippen LogP contribution >= 0.6 is 0 Å². The zero-order valence-corrected chi connectivity index (χ0v) is 13.9. The van der Waals surface area contributed by atoms with E-state index >= 15 is 0 Å². The fraction of sp³-hybridized carbons (Fsp3) is 0.316. The van der Waals surface area contributed by atoms with Gasteiger partial charge in [0.25, 0.3) is 0 Å². The first-order valence-corrected chi connectivity index (χ1v) is 7.46. The Balaban J connectivity index is 0.000000921. The van der Waals surface area contributed by atoms with E-state index in [0.717, 1.165) is 11.1 Å². The van der Waals surface area contributed by atoms with Crippen LogP contribution in [0.3, 0.4) is 0 Å². The molecule has 0 N–H and O–H groups in total. The molecule has 0 heterocycles. The molecule has 2 nitrogen and oxygen atoms in total. The van der Waals surface area contributed by atoms with Gasteiger partial charge in [-0.25, -0.2) is 4.79 Å². The van der Waals surface area contributed by atoms with Gasteiger partial charge in [-0.3, -0.25) is 0 Å². The molecule has 0 atom stereocenters. The monoisotopic (exact) mass is 286 g/mol. The highest BCUT2D eigenvalue weighted by Gasteiger charge is 2.04. The minimum absolute atomic E-state index is 0.305. The minimum Gasteiger partial charge on any atom is -0.465 e. The van der Waals surface area contributed by atoms with E-state index in [0.29, 0.717) is 5.56 Å². The number of rotatable bonds is 2. The molecule has 114 valence electrons. The van der Waals surface area contributed by atoms with Crippen molar-refractivity contribution >= 4 is 5.97 Å². The molecule has 0 radical (unpaired) electrons. The van der Waals surface area contributed by atoms with Crippen LogP contribution in [-0.2, 0) is 4.74 Å². The molecule has 0 saturated carbocycles. The van der Waals surface area contributed by atoms with Crippen LogP contribution in [0.1, 0.15) is 43.6 Å². The fourth-order valence-electron chi connectivity index (χ4n) is 1.66. The number of hydrogen-bond donors (Lipinski definition) is 0. The van der Waals surface area contributed by atoms with Crippen molar-refractivity contribution in [1.82, 2.24) is 0 Å². The maximum Gasteiger partial charge on any atom is 0.337 e. The first kappa shape index (κ1) is 18.9. The van der Waals surface area contributed by atoms with Gasteiger partial charge in [-0.2, -0.15) is 0 Å². The summed E-state index contributed by atoms with van der Waals surface area (Å²) in [7, 11) is 1.39. The van der Waals surface area contributed by atoms with E-state index in [1.54, 1.807) is 12.1 Å². The zero-order valence-electron chi connectivity index (χ0n) is 13.9. The van der Waals surface area contributed by atoms with Crippen LogP contribution in [0.15, 0.2) is 48.5 Å². The highest BCUT2D eigenvalue weighted by atomic mass is 16.5. The number of benzene rings is 2. The van der Waals surface area contributed by atoms with Gasteiger partial charge < -0.3 is 4.74 Å². The van der Waals surface area contributed by atoms with Crippen molar-refractivity contribution in [2.24, 2.45) is 0 Å². The Kier molecular flexibility index (Phi) is 9.61. The summed E-state index contributed by atoms with van der Waals surface area (Å²) in [6, 6.07) is 15.7. The fourth-order valence-corrected chi connectivity index (χ4v) is 1.66. The number of aryl methyl sites for hydroxylation is 1. The van der Waals surface area contributed by atoms with E-state index < -0.39 is 0 Å². The van der Waals surface area contributed by atoms with Crippen LogP contribution in [0.25, 0.3) is 11.1 Å². The predicted molar refractivity (Wildman–Crippen MR) is 90.7 cm³/mol. The number of esters is 1. The number of carbonyl (C=O) groups is 1. The number of methoxy groups -OCH3 is 1. The smallest absolute Gasteiger partial charge is 0.337 e. The second kappa shape index (κ2) is 10.7. The summed E-state index contributed by atoms with van der Waals surface area (Å²) in [5.74, 6) is -0.305. The Labute approximate surface area is 128 Å². The summed E-state index contributed by atoms with van der Waals surface area (Å²) in [5.41, 5.74) is 4.05. The lowest BCUT2D eigenvalue weighted by Crippen LogP contribution is -2.00. The molecular weight excluding hydrogens is 260 g/mol. The lowest BCUT2D eigenvalue weighted by atomic mass is 10.0. The Hall–Kier alpha value is -2.09. The SMILES string of the molecule is CC.CC.COC(=O)c1ccc(-c2ccc(C)cc2)cc1. The van der Waals surface area contributed by atoms with Gasteiger partial charge in [-0.05, 0) is 30.2 Å². The predicted octanol–water partition coefficient (Wildman–Crippen LogP) is 5.50. The second-order valence-electron chi connectivity index (χ2n) is 3.93. The van der Waals surface area contributed by atoms with Gasteiger partial charge in [0, 0.05) is 0 Å². The molecule has 0 spiro atoms. The summed E-state index contributed by atoms with van der Waals surface area (Å²) in [4.78, 5) is 11.3. The van der Waals surface area contributed by atoms with Crippen LogP contribution < -0.4 is 0 Å². The van der Waals surface area contributed by atoms with Crippen LogP contribution in [0, 0.1) is 6.92 Å². The molecule has 2 aromatic rings. The standard InChI is InChI=1S/C15H14O2.2C2H6/c1-11-3-5-12(6-4-11)13-7-9-14(10-8-13)15(16)17-2;2*1-2/h3-10H,1-2H3;2*1-2H3. The van der Waals surface area contributed by atoms with E-state index in [1.807, 2.05) is 39.8 Å². The van der Waals surface area contributed by atoms with Gasteiger partial charge in [0.05, 0.1) is 12.7 Å². The molecule has 0 unspecified atom stereocenters. The van der Waals surface area contributed by atoms with Gasteiger partial charge in [-0.1, -0.05) is 69.7 Å². The Morgan fingerprint density at radius 2 is 1.14 bits per heavy atom. The van der Waals surface area contributed by atoms with Crippen molar-refractivity contribution in [2.75, 3.05) is 7.11 Å². The quantitative estimate of drug-likeness (QED) is 0.681. The number of ether oxygens (including phenoxy) is 1. The maximum absolute atomic E-state index is 11.3. The first-order valence-electron chi connectivity index (χ1n) is 7.46. The third-order valence-corrected chi connectivity index (χ3v) is 2.69. The Bertz CT molecular complexity index is 510. The van der Waals surface area contributed by atoms with Crippen molar-refractivity contribution < 1.29 is 9.53 Å². The first-order chi connectivity index (χ1) is 10.2. The molecule has 0 aliphatic heterocycles. The average Bonchev–Trinajstić information content (AvgIpc) is 2.58. The molecule has 2 rings (SSSR count). The summed E-state index contributed by atoms with van der Waals surface area (Å²) in [6.45, 7) is 10.1. The van der Waals surface area contributed by atoms with Crippen molar-refractivity contribution in [2.45, 2.75) is 34.6 Å². The Morgan fingerprint density at radius 1 is 0.762 bits per heavy atom. The van der Waals surface area contributed by atoms with E-state index in [-0.39, 0.29) is 5.97 Å². The molecule has 0 aliphatic rings. The molecule has 2 aromatic carbocycles. The van der Waals surface area contributed by atoms with Crippen molar-refractivity contribution in [3.05, 3.63) is 59.7 Å². The van der Waals surface area contributed by atoms with E-state index in [2.05, 4.69) is 35.9 Å². The normalized spacial score (nSPS) is 8.67. The van der Waals surface area contributed by atoms with Gasteiger partial charge in [-0.15, -0.1) is 0 Å². The summed E-state index contributed by atoms with van der Waals surface area (Å²) >= 11 is 0. The zero-order chi connectivity index (χ0) is 16.3. The van der Waals surface area contributed by atoms with E-state index in [9.17, 15) is 4.79 Å². The molecule has 0 amide bonds. The highest BCUT2D eigenvalue weighted by molar-refractivity contribution is 5.89. The molecule has 0 saturated heterocycles. The van der Waals surface area contributed by atoms with Crippen LogP contribution in [-0.4, -0.2) is 13.1 Å². The van der Waals surface area contributed by atoms with Crippen molar-refractivity contribution in [1.29, 1.82) is 0 Å². The van der Waals surface area contributed by atoms with Gasteiger partial charge >= 0.3 is 5.97 Å². The molecule has 0 aromatic heterocycles. The van der Waals surface area contributed by atoms with Gasteiger partial charge in [0.15, 0.2) is 0 Å². The third-order valence-electron chi connectivity index (χ3n) is 2.69.